The molecule has 7 heteroatoms. The monoisotopic (exact) mass is 438 g/mol. The van der Waals surface area contributed by atoms with Crippen molar-refractivity contribution in [2.45, 2.75) is 20.3 Å². The highest BCUT2D eigenvalue weighted by molar-refractivity contribution is 6.31. The first-order valence-corrected chi connectivity index (χ1v) is 9.97. The molecule has 0 fully saturated rings. The van der Waals surface area contributed by atoms with Gasteiger partial charge in [-0.2, -0.15) is 5.26 Å². The highest BCUT2D eigenvalue weighted by Crippen LogP contribution is 2.25. The molecular weight excluding hydrogens is 416 g/mol. The van der Waals surface area contributed by atoms with Crippen LogP contribution >= 0.6 is 11.6 Å². The summed E-state index contributed by atoms with van der Waals surface area (Å²) in [7, 11) is 0. The van der Waals surface area contributed by atoms with Crippen LogP contribution in [0, 0.1) is 18.3 Å². The van der Waals surface area contributed by atoms with Crippen molar-refractivity contribution in [1.29, 1.82) is 5.26 Å². The van der Waals surface area contributed by atoms with Gasteiger partial charge >= 0.3 is 5.97 Å². The number of rotatable bonds is 9. The maximum Gasteiger partial charge on any atom is 0.344 e. The van der Waals surface area contributed by atoms with Gasteiger partial charge in [-0.25, -0.2) is 4.79 Å². The number of hydrogen-bond donors (Lipinski definition) is 1. The van der Waals surface area contributed by atoms with E-state index in [0.717, 1.165) is 5.56 Å². The van der Waals surface area contributed by atoms with E-state index in [9.17, 15) is 14.9 Å². The number of allylic oxidation sites excluding steroid dienone is 1. The molecule has 0 aromatic heterocycles. The Morgan fingerprint density at radius 2 is 2.06 bits per heavy atom. The number of ether oxygens (including phenoxy) is 2. The first-order valence-electron chi connectivity index (χ1n) is 9.60. The minimum absolute atomic E-state index is 0.0656. The third-order valence-electron chi connectivity index (χ3n) is 4.29. The van der Waals surface area contributed by atoms with Crippen LogP contribution in [0.5, 0.6) is 5.75 Å². The number of carbonyl (C=O) groups excluding carboxylic acids is 2. The van der Waals surface area contributed by atoms with E-state index in [2.05, 4.69) is 11.9 Å². The number of benzene rings is 2. The average Bonchev–Trinajstić information content (AvgIpc) is 2.75. The highest BCUT2D eigenvalue weighted by atomic mass is 35.5. The van der Waals surface area contributed by atoms with Gasteiger partial charge in [0, 0.05) is 10.7 Å². The zero-order chi connectivity index (χ0) is 22.8. The lowest BCUT2D eigenvalue weighted by atomic mass is 10.0. The molecule has 0 saturated heterocycles. The SMILES string of the molecule is C=CCc1cc(/C=C(/C#N)C(=O)Nc2cccc(Cl)c2C)ccc1OCC(=O)OCC. The van der Waals surface area contributed by atoms with Crippen molar-refractivity contribution < 1.29 is 19.1 Å². The van der Waals surface area contributed by atoms with E-state index in [0.29, 0.717) is 34.0 Å². The second-order valence-electron chi connectivity index (χ2n) is 6.49. The van der Waals surface area contributed by atoms with Crippen molar-refractivity contribution in [1.82, 2.24) is 0 Å². The lowest BCUT2D eigenvalue weighted by Gasteiger charge is -2.11. The third-order valence-corrected chi connectivity index (χ3v) is 4.70. The fourth-order valence-corrected chi connectivity index (χ4v) is 2.91. The molecule has 0 aliphatic heterocycles. The Balaban J connectivity index is 2.24. The maximum atomic E-state index is 12.6. The summed E-state index contributed by atoms with van der Waals surface area (Å²) >= 11 is 6.09. The topological polar surface area (TPSA) is 88.4 Å². The van der Waals surface area contributed by atoms with Crippen molar-refractivity contribution in [2.24, 2.45) is 0 Å². The summed E-state index contributed by atoms with van der Waals surface area (Å²) < 4.78 is 10.4. The molecular formula is C24H23ClN2O4. The fourth-order valence-electron chi connectivity index (χ4n) is 2.73. The predicted octanol–water partition coefficient (Wildman–Crippen LogP) is 4.86. The van der Waals surface area contributed by atoms with Gasteiger partial charge in [-0.3, -0.25) is 4.79 Å². The molecule has 1 amide bonds. The number of esters is 1. The van der Waals surface area contributed by atoms with E-state index in [-0.39, 0.29) is 18.8 Å². The quantitative estimate of drug-likeness (QED) is 0.261. The van der Waals surface area contributed by atoms with E-state index in [1.165, 1.54) is 6.08 Å². The van der Waals surface area contributed by atoms with Gasteiger partial charge in [-0.05, 0) is 67.3 Å². The Kier molecular flexibility index (Phi) is 8.86. The molecule has 0 heterocycles. The smallest absolute Gasteiger partial charge is 0.344 e. The molecule has 6 nitrogen and oxygen atoms in total. The summed E-state index contributed by atoms with van der Waals surface area (Å²) in [5.74, 6) is -0.501. The van der Waals surface area contributed by atoms with Crippen molar-refractivity contribution in [2.75, 3.05) is 18.5 Å². The van der Waals surface area contributed by atoms with Crippen LogP contribution in [0.2, 0.25) is 5.02 Å². The normalized spacial score (nSPS) is 10.7. The van der Waals surface area contributed by atoms with Crippen LogP contribution in [0.3, 0.4) is 0 Å². The Bertz CT molecular complexity index is 1050. The number of amides is 1. The summed E-state index contributed by atoms with van der Waals surface area (Å²) in [6.07, 6.45) is 3.66. The molecule has 1 N–H and O–H groups in total. The molecule has 0 atom stereocenters. The summed E-state index contributed by atoms with van der Waals surface area (Å²) in [5.41, 5.74) is 2.58. The second kappa shape index (κ2) is 11.6. The number of hydrogen-bond acceptors (Lipinski definition) is 5. The van der Waals surface area contributed by atoms with E-state index >= 15 is 0 Å². The number of carbonyl (C=O) groups is 2. The Morgan fingerprint density at radius 1 is 1.29 bits per heavy atom. The Hall–Kier alpha value is -3.56. The zero-order valence-corrected chi connectivity index (χ0v) is 18.2. The van der Waals surface area contributed by atoms with E-state index < -0.39 is 11.9 Å². The first-order chi connectivity index (χ1) is 14.9. The van der Waals surface area contributed by atoms with Crippen LogP contribution < -0.4 is 10.1 Å². The minimum Gasteiger partial charge on any atom is -0.482 e. The Labute approximate surface area is 186 Å². The molecule has 0 bridgehead atoms. The number of nitrogens with zero attached hydrogens (tertiary/aromatic N) is 1. The summed E-state index contributed by atoms with van der Waals surface area (Å²) in [5, 5.41) is 12.7. The van der Waals surface area contributed by atoms with Gasteiger partial charge in [0.15, 0.2) is 6.61 Å². The van der Waals surface area contributed by atoms with Gasteiger partial charge in [0.25, 0.3) is 5.91 Å². The number of halogens is 1. The lowest BCUT2D eigenvalue weighted by molar-refractivity contribution is -0.145. The molecule has 0 radical (unpaired) electrons. The molecule has 0 unspecified atom stereocenters. The molecule has 0 aliphatic carbocycles. The van der Waals surface area contributed by atoms with Crippen molar-refractivity contribution in [3.05, 3.63) is 76.3 Å². The van der Waals surface area contributed by atoms with Crippen molar-refractivity contribution in [3.8, 4) is 11.8 Å². The van der Waals surface area contributed by atoms with Gasteiger partial charge in [-0.1, -0.05) is 29.8 Å². The van der Waals surface area contributed by atoms with Gasteiger partial charge in [0.05, 0.1) is 6.61 Å². The van der Waals surface area contributed by atoms with E-state index in [4.69, 9.17) is 21.1 Å². The number of anilines is 1. The van der Waals surface area contributed by atoms with Gasteiger partial charge < -0.3 is 14.8 Å². The van der Waals surface area contributed by atoms with Crippen LogP contribution in [-0.4, -0.2) is 25.1 Å². The van der Waals surface area contributed by atoms with Crippen LogP contribution in [0.1, 0.15) is 23.6 Å². The minimum atomic E-state index is -0.541. The maximum absolute atomic E-state index is 12.6. The average molecular weight is 439 g/mol. The van der Waals surface area contributed by atoms with E-state index in [1.54, 1.807) is 56.3 Å². The van der Waals surface area contributed by atoms with Gasteiger partial charge in [0.1, 0.15) is 17.4 Å². The fraction of sp³-hybridized carbons (Fsp3) is 0.208. The van der Waals surface area contributed by atoms with Crippen molar-refractivity contribution >= 4 is 35.2 Å². The molecule has 0 spiro atoms. The first kappa shape index (κ1) is 23.7. The van der Waals surface area contributed by atoms with Gasteiger partial charge in [-0.15, -0.1) is 6.58 Å². The van der Waals surface area contributed by atoms with E-state index in [1.807, 2.05) is 6.07 Å². The molecule has 160 valence electrons. The summed E-state index contributed by atoms with van der Waals surface area (Å²) in [4.78, 5) is 24.1. The lowest BCUT2D eigenvalue weighted by Crippen LogP contribution is -2.15. The largest absolute Gasteiger partial charge is 0.482 e. The number of nitriles is 1. The van der Waals surface area contributed by atoms with Crippen LogP contribution in [0.4, 0.5) is 5.69 Å². The zero-order valence-electron chi connectivity index (χ0n) is 17.4. The summed E-state index contributed by atoms with van der Waals surface area (Å²) in [6.45, 7) is 7.30. The number of nitrogens with one attached hydrogen (secondary N) is 1. The molecule has 31 heavy (non-hydrogen) atoms. The molecule has 0 saturated carbocycles. The second-order valence-corrected chi connectivity index (χ2v) is 6.90. The Morgan fingerprint density at radius 3 is 2.74 bits per heavy atom. The standard InChI is InChI=1S/C24H23ClN2O4/c1-4-7-18-12-17(10-11-22(18)31-15-23(28)30-5-2)13-19(14-26)24(29)27-21-9-6-8-20(25)16(21)3/h4,6,8-13H,1,5,7,15H2,2-3H3,(H,27,29)/b19-13-. The molecule has 2 rings (SSSR count). The van der Waals surface area contributed by atoms with Crippen molar-refractivity contribution in [3.63, 3.8) is 0 Å². The molecule has 0 aliphatic rings. The predicted molar refractivity (Wildman–Crippen MR) is 121 cm³/mol. The van der Waals surface area contributed by atoms with Crippen LogP contribution in [0.15, 0.2) is 54.6 Å². The van der Waals surface area contributed by atoms with Crippen LogP contribution in [0.25, 0.3) is 6.08 Å². The molecule has 2 aromatic carbocycles. The summed E-state index contributed by atoms with van der Waals surface area (Å²) in [6, 6.07) is 12.2. The third kappa shape index (κ3) is 6.73. The molecule has 2 aromatic rings. The van der Waals surface area contributed by atoms with Gasteiger partial charge in [0.2, 0.25) is 0 Å². The van der Waals surface area contributed by atoms with Crippen LogP contribution in [-0.2, 0) is 20.7 Å². The highest BCUT2D eigenvalue weighted by Gasteiger charge is 2.13.